The fraction of sp³-hybridized carbons (Fsp3) is 0.609. The number of rotatable bonds is 5. The standard InChI is InChI=1S/C23H29F3N6O2/c1-22(2,3)34-21(33)29-10-18-31-16-9-28-20-13(4-5-27-20)19(16)32(18)17-8-12-6-14(17)15(7-12)30-11-23(24,25)26/h4-5,9,12,14-15,17,30H,6-8,10-11H2,1-3H3,(H,27,28)(H,29,33). The quantitative estimate of drug-likeness (QED) is 0.504. The molecule has 5 rings (SSSR count). The van der Waals surface area contributed by atoms with Gasteiger partial charge in [-0.25, -0.2) is 14.8 Å². The third kappa shape index (κ3) is 4.45. The average Bonchev–Trinajstić information content (AvgIpc) is 3.49. The fourth-order valence-corrected chi connectivity index (χ4v) is 5.68. The van der Waals surface area contributed by atoms with Crippen molar-refractivity contribution in [2.24, 2.45) is 11.8 Å². The summed E-state index contributed by atoms with van der Waals surface area (Å²) in [5.74, 6) is 1.05. The van der Waals surface area contributed by atoms with Crippen molar-refractivity contribution in [2.45, 2.75) is 70.4 Å². The van der Waals surface area contributed by atoms with Crippen molar-refractivity contribution in [3.8, 4) is 0 Å². The highest BCUT2D eigenvalue weighted by atomic mass is 19.4. The van der Waals surface area contributed by atoms with E-state index >= 15 is 0 Å². The highest BCUT2D eigenvalue weighted by Gasteiger charge is 2.48. The number of hydrogen-bond donors (Lipinski definition) is 3. The summed E-state index contributed by atoms with van der Waals surface area (Å²) in [6.45, 7) is 4.53. The topological polar surface area (TPSA) is 96.9 Å². The highest BCUT2D eigenvalue weighted by Crippen LogP contribution is 2.52. The molecule has 0 aromatic carbocycles. The summed E-state index contributed by atoms with van der Waals surface area (Å²) in [6, 6.07) is 1.70. The molecule has 4 unspecified atom stereocenters. The highest BCUT2D eigenvalue weighted by molar-refractivity contribution is 6.01. The maximum absolute atomic E-state index is 12.9. The third-order valence-corrected chi connectivity index (χ3v) is 6.77. The molecule has 1 amide bonds. The van der Waals surface area contributed by atoms with Gasteiger partial charge >= 0.3 is 12.3 Å². The number of aromatic nitrogens is 4. The van der Waals surface area contributed by atoms with Gasteiger partial charge in [0.2, 0.25) is 0 Å². The first-order valence-electron chi connectivity index (χ1n) is 11.6. The Morgan fingerprint density at radius 3 is 2.76 bits per heavy atom. The lowest BCUT2D eigenvalue weighted by molar-refractivity contribution is -0.127. The van der Waals surface area contributed by atoms with Gasteiger partial charge in [-0.1, -0.05) is 0 Å². The number of carbonyl (C=O) groups excluding carboxylic acids is 1. The Labute approximate surface area is 194 Å². The molecule has 2 fully saturated rings. The number of hydrogen-bond acceptors (Lipinski definition) is 5. The van der Waals surface area contributed by atoms with E-state index in [0.717, 1.165) is 35.8 Å². The van der Waals surface area contributed by atoms with Crippen molar-refractivity contribution in [1.82, 2.24) is 30.2 Å². The molecule has 8 nitrogen and oxygen atoms in total. The normalized spacial score (nSPS) is 24.9. The Hall–Kier alpha value is -2.82. The molecule has 3 aromatic heterocycles. The monoisotopic (exact) mass is 478 g/mol. The van der Waals surface area contributed by atoms with E-state index in [1.165, 1.54) is 0 Å². The Bertz CT molecular complexity index is 1210. The molecule has 0 radical (unpaired) electrons. The van der Waals surface area contributed by atoms with Gasteiger partial charge in [0.25, 0.3) is 0 Å². The van der Waals surface area contributed by atoms with Crippen molar-refractivity contribution in [3.63, 3.8) is 0 Å². The zero-order valence-electron chi connectivity index (χ0n) is 19.4. The van der Waals surface area contributed by atoms with Gasteiger partial charge in [0.15, 0.2) is 0 Å². The van der Waals surface area contributed by atoms with Crippen LogP contribution in [-0.2, 0) is 11.3 Å². The van der Waals surface area contributed by atoms with Crippen LogP contribution in [0.5, 0.6) is 0 Å². The molecule has 0 aliphatic heterocycles. The molecule has 2 aliphatic rings. The number of amides is 1. The first kappa shape index (κ1) is 22.9. The minimum atomic E-state index is -4.25. The number of alkyl halides is 3. The molecule has 184 valence electrons. The molecule has 3 N–H and O–H groups in total. The van der Waals surface area contributed by atoms with Crippen LogP contribution in [0.1, 0.15) is 51.9 Å². The lowest BCUT2D eigenvalue weighted by atomic mass is 9.90. The van der Waals surface area contributed by atoms with Crippen molar-refractivity contribution in [1.29, 1.82) is 0 Å². The Balaban J connectivity index is 1.49. The van der Waals surface area contributed by atoms with E-state index in [9.17, 15) is 18.0 Å². The Kier molecular flexibility index (Phi) is 5.50. The number of ether oxygens (including phenoxy) is 1. The molecule has 2 bridgehead atoms. The van der Waals surface area contributed by atoms with Crippen LogP contribution >= 0.6 is 0 Å². The second-order valence-electron chi connectivity index (χ2n) is 10.4. The molecule has 2 saturated carbocycles. The number of halogens is 3. The number of nitrogens with one attached hydrogen (secondary N) is 3. The van der Waals surface area contributed by atoms with Crippen LogP contribution in [0.4, 0.5) is 18.0 Å². The second-order valence-corrected chi connectivity index (χ2v) is 10.4. The number of carbonyl (C=O) groups is 1. The minimum absolute atomic E-state index is 0.0228. The maximum atomic E-state index is 12.9. The van der Waals surface area contributed by atoms with Gasteiger partial charge in [-0.3, -0.25) is 0 Å². The number of alkyl carbamates (subject to hydrolysis) is 1. The predicted molar refractivity (Wildman–Crippen MR) is 120 cm³/mol. The molecule has 34 heavy (non-hydrogen) atoms. The van der Waals surface area contributed by atoms with Gasteiger partial charge in [0.05, 0.1) is 24.8 Å². The van der Waals surface area contributed by atoms with Crippen molar-refractivity contribution in [2.75, 3.05) is 6.54 Å². The van der Waals surface area contributed by atoms with Crippen LogP contribution in [0.15, 0.2) is 18.5 Å². The van der Waals surface area contributed by atoms with Crippen LogP contribution in [0.3, 0.4) is 0 Å². The SMILES string of the molecule is CC(C)(C)OC(=O)NCc1nc2cnc3[nH]ccc3c2n1C1CC2CC(NCC(F)(F)F)C1C2. The number of fused-ring (bicyclic) bond motifs is 5. The van der Waals surface area contributed by atoms with E-state index in [1.54, 1.807) is 27.0 Å². The first-order valence-corrected chi connectivity index (χ1v) is 11.6. The summed E-state index contributed by atoms with van der Waals surface area (Å²) in [4.78, 5) is 24.6. The van der Waals surface area contributed by atoms with Gasteiger partial charge in [-0.05, 0) is 57.9 Å². The van der Waals surface area contributed by atoms with Gasteiger partial charge in [-0.2, -0.15) is 13.2 Å². The van der Waals surface area contributed by atoms with Crippen LogP contribution in [0.2, 0.25) is 0 Å². The average molecular weight is 479 g/mol. The molecule has 4 atom stereocenters. The van der Waals surface area contributed by atoms with E-state index in [1.807, 2.05) is 12.3 Å². The largest absolute Gasteiger partial charge is 0.444 e. The van der Waals surface area contributed by atoms with Crippen LogP contribution < -0.4 is 10.6 Å². The number of aromatic amines is 1. The van der Waals surface area contributed by atoms with E-state index in [0.29, 0.717) is 17.3 Å². The summed E-state index contributed by atoms with van der Waals surface area (Å²) < 4.78 is 46.1. The van der Waals surface area contributed by atoms with E-state index in [2.05, 4.69) is 25.2 Å². The molecular weight excluding hydrogens is 449 g/mol. The number of pyridine rings is 1. The second kappa shape index (κ2) is 8.14. The number of nitrogens with zero attached hydrogens (tertiary/aromatic N) is 3. The van der Waals surface area contributed by atoms with Crippen molar-refractivity contribution < 1.29 is 22.7 Å². The van der Waals surface area contributed by atoms with E-state index in [-0.39, 0.29) is 24.5 Å². The van der Waals surface area contributed by atoms with Gasteiger partial charge in [-0.15, -0.1) is 0 Å². The van der Waals surface area contributed by atoms with Crippen molar-refractivity contribution >= 4 is 28.2 Å². The summed E-state index contributed by atoms with van der Waals surface area (Å²) in [5, 5.41) is 6.44. The van der Waals surface area contributed by atoms with Crippen LogP contribution in [-0.4, -0.2) is 50.0 Å². The first-order chi connectivity index (χ1) is 16.0. The zero-order valence-corrected chi connectivity index (χ0v) is 19.4. The lowest BCUT2D eigenvalue weighted by Gasteiger charge is -2.33. The summed E-state index contributed by atoms with van der Waals surface area (Å²) in [6.07, 6.45) is 1.19. The van der Waals surface area contributed by atoms with Crippen LogP contribution in [0, 0.1) is 11.8 Å². The molecule has 2 aliphatic carbocycles. The lowest BCUT2D eigenvalue weighted by Crippen LogP contribution is -2.43. The summed E-state index contributed by atoms with van der Waals surface area (Å²) in [5.41, 5.74) is 1.66. The predicted octanol–water partition coefficient (Wildman–Crippen LogP) is 4.43. The van der Waals surface area contributed by atoms with Gasteiger partial charge in [0.1, 0.15) is 22.6 Å². The molecule has 3 heterocycles. The van der Waals surface area contributed by atoms with Crippen LogP contribution in [0.25, 0.3) is 22.1 Å². The smallest absolute Gasteiger partial charge is 0.408 e. The van der Waals surface area contributed by atoms with Crippen molar-refractivity contribution in [3.05, 3.63) is 24.3 Å². The van der Waals surface area contributed by atoms with Gasteiger partial charge < -0.3 is 24.9 Å². The summed E-state index contributed by atoms with van der Waals surface area (Å²) in [7, 11) is 0. The molecule has 11 heteroatoms. The summed E-state index contributed by atoms with van der Waals surface area (Å²) >= 11 is 0. The Morgan fingerprint density at radius 1 is 1.26 bits per heavy atom. The molecule has 0 spiro atoms. The van der Waals surface area contributed by atoms with E-state index < -0.39 is 24.4 Å². The molecule has 3 aromatic rings. The zero-order chi connectivity index (χ0) is 24.3. The Morgan fingerprint density at radius 2 is 2.06 bits per heavy atom. The third-order valence-electron chi connectivity index (χ3n) is 6.77. The van der Waals surface area contributed by atoms with Gasteiger partial charge in [0, 0.05) is 23.7 Å². The fourth-order valence-electron chi connectivity index (χ4n) is 5.68. The molecule has 0 saturated heterocycles. The van der Waals surface area contributed by atoms with E-state index in [4.69, 9.17) is 9.72 Å². The minimum Gasteiger partial charge on any atom is -0.444 e. The maximum Gasteiger partial charge on any atom is 0.408 e. The molecular formula is C23H29F3N6O2. The number of imidazole rings is 1. The number of H-pyrrole nitrogens is 1.